The van der Waals surface area contributed by atoms with Crippen LogP contribution in [0.2, 0.25) is 0 Å². The van der Waals surface area contributed by atoms with E-state index in [9.17, 15) is 14.9 Å². The van der Waals surface area contributed by atoms with Crippen molar-refractivity contribution >= 4 is 29.0 Å². The van der Waals surface area contributed by atoms with Crippen LogP contribution in [0, 0.1) is 10.1 Å². The Morgan fingerprint density at radius 2 is 2.18 bits per heavy atom. The maximum absolute atomic E-state index is 12.1. The van der Waals surface area contributed by atoms with E-state index in [1.54, 1.807) is 31.0 Å². The van der Waals surface area contributed by atoms with Crippen LogP contribution in [0.4, 0.5) is 5.69 Å². The number of carbonyl (C=O) groups excluding carboxylic acids is 1. The van der Waals surface area contributed by atoms with Crippen LogP contribution < -0.4 is 5.32 Å². The lowest BCUT2D eigenvalue weighted by Gasteiger charge is -2.35. The summed E-state index contributed by atoms with van der Waals surface area (Å²) in [5, 5.41) is 14.4. The standard InChI is InChI=1S/C14H15N3O4S/c1-8-11(13(18)21-3)12(15-14(22)16(8)2)9-5-4-6-10(7-9)17(19)20/h4-7,12H,1-3H3,(H,15,22). The molecule has 0 amide bonds. The zero-order valence-corrected chi connectivity index (χ0v) is 13.1. The van der Waals surface area contributed by atoms with E-state index < -0.39 is 16.9 Å². The molecule has 116 valence electrons. The minimum Gasteiger partial charge on any atom is -0.466 e. The Hall–Kier alpha value is -2.48. The number of hydrogen-bond acceptors (Lipinski definition) is 5. The van der Waals surface area contributed by atoms with E-state index >= 15 is 0 Å². The molecule has 0 saturated carbocycles. The Balaban J connectivity index is 2.56. The number of nitrogens with one attached hydrogen (secondary N) is 1. The molecular weight excluding hydrogens is 306 g/mol. The molecule has 8 heteroatoms. The quantitative estimate of drug-likeness (QED) is 0.394. The zero-order valence-electron chi connectivity index (χ0n) is 12.3. The third kappa shape index (κ3) is 2.77. The summed E-state index contributed by atoms with van der Waals surface area (Å²) in [6, 6.07) is 5.50. The number of benzene rings is 1. The second-order valence-electron chi connectivity index (χ2n) is 4.78. The van der Waals surface area contributed by atoms with Crippen molar-refractivity contribution in [3.8, 4) is 0 Å². The molecule has 0 radical (unpaired) electrons. The SMILES string of the molecule is COC(=O)C1=C(C)N(C)C(=S)NC1c1cccc([N+](=O)[O-])c1. The van der Waals surface area contributed by atoms with Crippen molar-refractivity contribution in [2.45, 2.75) is 13.0 Å². The molecule has 7 nitrogen and oxygen atoms in total. The molecule has 2 rings (SSSR count). The van der Waals surface area contributed by atoms with Crippen molar-refractivity contribution in [2.75, 3.05) is 14.2 Å². The van der Waals surface area contributed by atoms with E-state index in [4.69, 9.17) is 17.0 Å². The number of ether oxygens (including phenoxy) is 1. The van der Waals surface area contributed by atoms with Crippen LogP contribution in [-0.2, 0) is 9.53 Å². The number of methoxy groups -OCH3 is 1. The van der Waals surface area contributed by atoms with Crippen LogP contribution in [0.5, 0.6) is 0 Å². The van der Waals surface area contributed by atoms with Crippen molar-refractivity contribution in [3.63, 3.8) is 0 Å². The summed E-state index contributed by atoms with van der Waals surface area (Å²) >= 11 is 5.24. The number of non-ortho nitro benzene ring substituents is 1. The van der Waals surface area contributed by atoms with Gasteiger partial charge in [-0.1, -0.05) is 12.1 Å². The van der Waals surface area contributed by atoms with Gasteiger partial charge in [-0.3, -0.25) is 10.1 Å². The Bertz CT molecular complexity index is 686. The number of esters is 1. The first kappa shape index (κ1) is 15.9. The van der Waals surface area contributed by atoms with Gasteiger partial charge in [0.2, 0.25) is 0 Å². The summed E-state index contributed by atoms with van der Waals surface area (Å²) in [5.74, 6) is -0.504. The minimum absolute atomic E-state index is 0.0500. The predicted molar refractivity (Wildman–Crippen MR) is 84.1 cm³/mol. The van der Waals surface area contributed by atoms with Crippen molar-refractivity contribution in [2.24, 2.45) is 0 Å². The summed E-state index contributed by atoms with van der Waals surface area (Å²) < 4.78 is 4.83. The second-order valence-corrected chi connectivity index (χ2v) is 5.17. The fourth-order valence-electron chi connectivity index (χ4n) is 2.28. The summed E-state index contributed by atoms with van der Waals surface area (Å²) in [4.78, 5) is 24.2. The number of nitro groups is 1. The highest BCUT2D eigenvalue weighted by Crippen LogP contribution is 2.31. The van der Waals surface area contributed by atoms with Gasteiger partial charge in [0.1, 0.15) is 0 Å². The molecule has 1 heterocycles. The van der Waals surface area contributed by atoms with Gasteiger partial charge in [0, 0.05) is 24.9 Å². The smallest absolute Gasteiger partial charge is 0.337 e. The third-order valence-corrected chi connectivity index (χ3v) is 3.97. The molecule has 0 aliphatic carbocycles. The van der Waals surface area contributed by atoms with Gasteiger partial charge in [0.15, 0.2) is 5.11 Å². The number of nitro benzene ring substituents is 1. The first-order chi connectivity index (χ1) is 10.4. The van der Waals surface area contributed by atoms with Crippen LogP contribution in [0.15, 0.2) is 35.5 Å². The van der Waals surface area contributed by atoms with Crippen LogP contribution in [-0.4, -0.2) is 35.1 Å². The molecule has 0 aromatic heterocycles. The van der Waals surface area contributed by atoms with E-state index in [0.29, 0.717) is 21.9 Å². The Labute approximate surface area is 132 Å². The highest BCUT2D eigenvalue weighted by molar-refractivity contribution is 7.80. The summed E-state index contributed by atoms with van der Waals surface area (Å²) in [5.41, 5.74) is 1.54. The van der Waals surface area contributed by atoms with Crippen LogP contribution in [0.1, 0.15) is 18.5 Å². The fraction of sp³-hybridized carbons (Fsp3) is 0.286. The molecule has 1 aliphatic rings. The van der Waals surface area contributed by atoms with E-state index in [2.05, 4.69) is 5.32 Å². The Kier molecular flexibility index (Phi) is 4.41. The van der Waals surface area contributed by atoms with Gasteiger partial charge in [-0.2, -0.15) is 0 Å². The van der Waals surface area contributed by atoms with E-state index in [0.717, 1.165) is 0 Å². The van der Waals surface area contributed by atoms with Gasteiger partial charge in [0.05, 0.1) is 23.6 Å². The second kappa shape index (κ2) is 6.10. The average molecular weight is 321 g/mol. The average Bonchev–Trinajstić information content (AvgIpc) is 2.51. The molecule has 0 spiro atoms. The molecule has 1 aromatic rings. The van der Waals surface area contributed by atoms with Gasteiger partial charge in [0.25, 0.3) is 5.69 Å². The number of carbonyl (C=O) groups is 1. The lowest BCUT2D eigenvalue weighted by molar-refractivity contribution is -0.384. The van der Waals surface area contributed by atoms with E-state index in [-0.39, 0.29) is 5.69 Å². The van der Waals surface area contributed by atoms with Crippen LogP contribution in [0.3, 0.4) is 0 Å². The molecule has 1 unspecified atom stereocenters. The maximum atomic E-state index is 12.1. The van der Waals surface area contributed by atoms with Crippen molar-refractivity contribution in [1.82, 2.24) is 10.2 Å². The molecule has 1 atom stereocenters. The van der Waals surface area contributed by atoms with Gasteiger partial charge in [-0.15, -0.1) is 0 Å². The molecule has 0 bridgehead atoms. The zero-order chi connectivity index (χ0) is 16.4. The monoisotopic (exact) mass is 321 g/mol. The number of rotatable bonds is 3. The number of thiocarbonyl (C=S) groups is 1. The van der Waals surface area contributed by atoms with E-state index in [1.165, 1.54) is 19.2 Å². The highest BCUT2D eigenvalue weighted by atomic mass is 32.1. The summed E-state index contributed by atoms with van der Waals surface area (Å²) in [6.07, 6.45) is 0. The van der Waals surface area contributed by atoms with E-state index in [1.807, 2.05) is 0 Å². The normalized spacial score (nSPS) is 18.0. The Morgan fingerprint density at radius 3 is 2.77 bits per heavy atom. The largest absolute Gasteiger partial charge is 0.466 e. The predicted octanol–water partition coefficient (Wildman–Crippen LogP) is 1.90. The van der Waals surface area contributed by atoms with Crippen molar-refractivity contribution in [3.05, 3.63) is 51.2 Å². The molecule has 22 heavy (non-hydrogen) atoms. The molecule has 1 N–H and O–H groups in total. The van der Waals surface area contributed by atoms with Gasteiger partial charge in [-0.05, 0) is 24.7 Å². The number of allylic oxidation sites excluding steroid dienone is 1. The molecule has 0 saturated heterocycles. The van der Waals surface area contributed by atoms with Crippen molar-refractivity contribution in [1.29, 1.82) is 0 Å². The van der Waals surface area contributed by atoms with Gasteiger partial charge in [-0.25, -0.2) is 4.79 Å². The van der Waals surface area contributed by atoms with Crippen LogP contribution >= 0.6 is 12.2 Å². The summed E-state index contributed by atoms with van der Waals surface area (Å²) in [6.45, 7) is 1.75. The Morgan fingerprint density at radius 1 is 1.50 bits per heavy atom. The molecule has 1 aliphatic heterocycles. The maximum Gasteiger partial charge on any atom is 0.337 e. The molecular formula is C14H15N3O4S. The lowest BCUT2D eigenvalue weighted by Crippen LogP contribution is -2.46. The number of hydrogen-bond donors (Lipinski definition) is 1. The minimum atomic E-state index is -0.587. The van der Waals surface area contributed by atoms with Gasteiger partial charge < -0.3 is 15.0 Å². The van der Waals surface area contributed by atoms with Crippen molar-refractivity contribution < 1.29 is 14.5 Å². The van der Waals surface area contributed by atoms with Crippen LogP contribution in [0.25, 0.3) is 0 Å². The fourth-order valence-corrected chi connectivity index (χ4v) is 2.53. The number of nitrogens with zero attached hydrogens (tertiary/aromatic N) is 2. The topological polar surface area (TPSA) is 84.7 Å². The first-order valence-electron chi connectivity index (χ1n) is 6.44. The summed E-state index contributed by atoms with van der Waals surface area (Å²) in [7, 11) is 3.03. The highest BCUT2D eigenvalue weighted by Gasteiger charge is 2.33. The molecule has 0 fully saturated rings. The van der Waals surface area contributed by atoms with Gasteiger partial charge >= 0.3 is 5.97 Å². The molecule has 1 aromatic carbocycles. The third-order valence-electron chi connectivity index (χ3n) is 3.57. The lowest BCUT2D eigenvalue weighted by atomic mass is 9.95. The first-order valence-corrected chi connectivity index (χ1v) is 6.85.